The van der Waals surface area contributed by atoms with Gasteiger partial charge in [0.25, 0.3) is 11.8 Å². The Labute approximate surface area is 189 Å². The van der Waals surface area contributed by atoms with E-state index < -0.39 is 6.03 Å². The molecule has 1 aromatic carbocycles. The summed E-state index contributed by atoms with van der Waals surface area (Å²) in [5, 5.41) is 8.95. The Morgan fingerprint density at radius 3 is 2.50 bits per heavy atom. The van der Waals surface area contributed by atoms with Crippen LogP contribution in [0.3, 0.4) is 0 Å². The number of nitrogens with two attached hydrogens (primary N) is 1. The predicted molar refractivity (Wildman–Crippen MR) is 124 cm³/mol. The molecule has 8 nitrogen and oxygen atoms in total. The topological polar surface area (TPSA) is 126 Å². The Kier molecular flexibility index (Phi) is 6.46. The number of urea groups is 1. The van der Waals surface area contributed by atoms with Gasteiger partial charge in [-0.15, -0.1) is 11.3 Å². The van der Waals surface area contributed by atoms with E-state index in [0.29, 0.717) is 28.4 Å². The SMILES string of the molecule is NC(=O)Nc1ccc(CNC(=O)c2c(NC(=O)c3cccnc3)sc3c2CCCC3)cc1. The molecule has 1 aliphatic carbocycles. The highest BCUT2D eigenvalue weighted by Crippen LogP contribution is 2.38. The number of nitrogens with zero attached hydrogens (tertiary/aromatic N) is 1. The molecule has 4 amide bonds. The molecule has 0 spiro atoms. The fraction of sp³-hybridized carbons (Fsp3) is 0.217. The summed E-state index contributed by atoms with van der Waals surface area (Å²) in [7, 11) is 0. The van der Waals surface area contributed by atoms with Crippen molar-refractivity contribution in [2.45, 2.75) is 32.2 Å². The zero-order valence-electron chi connectivity index (χ0n) is 17.3. The van der Waals surface area contributed by atoms with Crippen LogP contribution in [0.2, 0.25) is 0 Å². The van der Waals surface area contributed by atoms with Gasteiger partial charge >= 0.3 is 6.03 Å². The summed E-state index contributed by atoms with van der Waals surface area (Å²) in [5.41, 5.74) is 8.59. The third-order valence-electron chi connectivity index (χ3n) is 5.22. The predicted octanol–water partition coefficient (Wildman–Crippen LogP) is 3.69. The van der Waals surface area contributed by atoms with Gasteiger partial charge in [-0.1, -0.05) is 12.1 Å². The van der Waals surface area contributed by atoms with Gasteiger partial charge in [-0.3, -0.25) is 14.6 Å². The average molecular weight is 450 g/mol. The first-order valence-electron chi connectivity index (χ1n) is 10.3. The van der Waals surface area contributed by atoms with Gasteiger partial charge in [0.1, 0.15) is 5.00 Å². The number of hydrogen-bond donors (Lipinski definition) is 4. The van der Waals surface area contributed by atoms with Crippen LogP contribution in [0, 0.1) is 0 Å². The molecule has 0 bridgehead atoms. The number of aryl methyl sites for hydroxylation is 1. The lowest BCUT2D eigenvalue weighted by atomic mass is 9.95. The van der Waals surface area contributed by atoms with E-state index in [0.717, 1.165) is 41.7 Å². The summed E-state index contributed by atoms with van der Waals surface area (Å²) in [6.07, 6.45) is 6.95. The number of carbonyl (C=O) groups is 3. The van der Waals surface area contributed by atoms with Crippen molar-refractivity contribution in [3.8, 4) is 0 Å². The molecular formula is C23H23N5O3S. The minimum absolute atomic E-state index is 0.217. The molecule has 0 unspecified atom stereocenters. The third-order valence-corrected chi connectivity index (χ3v) is 6.43. The van der Waals surface area contributed by atoms with Crippen molar-refractivity contribution in [3.63, 3.8) is 0 Å². The van der Waals surface area contributed by atoms with Crippen LogP contribution < -0.4 is 21.7 Å². The van der Waals surface area contributed by atoms with Gasteiger partial charge in [-0.05, 0) is 61.1 Å². The highest BCUT2D eigenvalue weighted by atomic mass is 32.1. The summed E-state index contributed by atoms with van der Waals surface area (Å²) >= 11 is 1.48. The van der Waals surface area contributed by atoms with E-state index in [1.54, 1.807) is 42.6 Å². The van der Waals surface area contributed by atoms with E-state index in [4.69, 9.17) is 5.73 Å². The summed E-state index contributed by atoms with van der Waals surface area (Å²) in [4.78, 5) is 41.9. The van der Waals surface area contributed by atoms with Crippen LogP contribution in [0.1, 0.15) is 49.6 Å². The van der Waals surface area contributed by atoms with Crippen molar-refractivity contribution < 1.29 is 14.4 Å². The maximum atomic E-state index is 13.2. The molecule has 5 N–H and O–H groups in total. The first-order valence-corrected chi connectivity index (χ1v) is 11.1. The number of nitrogens with one attached hydrogen (secondary N) is 3. The number of primary amides is 1. The Balaban J connectivity index is 1.51. The van der Waals surface area contributed by atoms with Gasteiger partial charge in [0.15, 0.2) is 0 Å². The van der Waals surface area contributed by atoms with Gasteiger partial charge < -0.3 is 21.7 Å². The van der Waals surface area contributed by atoms with E-state index in [2.05, 4.69) is 20.9 Å². The van der Waals surface area contributed by atoms with Crippen LogP contribution >= 0.6 is 11.3 Å². The van der Waals surface area contributed by atoms with Crippen LogP contribution in [0.15, 0.2) is 48.8 Å². The van der Waals surface area contributed by atoms with Crippen LogP contribution in [0.25, 0.3) is 0 Å². The van der Waals surface area contributed by atoms with E-state index >= 15 is 0 Å². The molecule has 0 fully saturated rings. The van der Waals surface area contributed by atoms with Crippen molar-refractivity contribution in [2.24, 2.45) is 5.73 Å². The number of rotatable bonds is 6. The summed E-state index contributed by atoms with van der Waals surface area (Å²) in [6, 6.07) is 9.81. The second kappa shape index (κ2) is 9.61. The highest BCUT2D eigenvalue weighted by molar-refractivity contribution is 7.17. The molecule has 0 saturated carbocycles. The van der Waals surface area contributed by atoms with E-state index in [-0.39, 0.29) is 11.8 Å². The fourth-order valence-electron chi connectivity index (χ4n) is 3.69. The Bertz CT molecular complexity index is 1140. The minimum Gasteiger partial charge on any atom is -0.351 e. The number of pyridine rings is 1. The second-order valence-corrected chi connectivity index (χ2v) is 8.58. The number of thiophene rings is 1. The minimum atomic E-state index is -0.630. The quantitative estimate of drug-likeness (QED) is 0.458. The molecule has 9 heteroatoms. The highest BCUT2D eigenvalue weighted by Gasteiger charge is 2.26. The number of hydrogen-bond acceptors (Lipinski definition) is 5. The van der Waals surface area contributed by atoms with E-state index in [1.165, 1.54) is 17.5 Å². The maximum Gasteiger partial charge on any atom is 0.316 e. The van der Waals surface area contributed by atoms with Gasteiger partial charge in [-0.25, -0.2) is 4.79 Å². The average Bonchev–Trinajstić information content (AvgIpc) is 3.16. The number of aromatic nitrogens is 1. The van der Waals surface area contributed by atoms with E-state index in [1.807, 2.05) is 0 Å². The number of anilines is 2. The molecule has 0 aliphatic heterocycles. The van der Waals surface area contributed by atoms with Crippen molar-refractivity contribution in [1.29, 1.82) is 0 Å². The first-order chi connectivity index (χ1) is 15.5. The third kappa shape index (κ3) is 4.94. The molecule has 3 aromatic rings. The van der Waals surface area contributed by atoms with Crippen molar-refractivity contribution in [3.05, 3.63) is 75.9 Å². The van der Waals surface area contributed by atoms with Crippen LogP contribution in [-0.4, -0.2) is 22.8 Å². The Morgan fingerprint density at radius 2 is 1.78 bits per heavy atom. The van der Waals surface area contributed by atoms with Crippen molar-refractivity contribution in [1.82, 2.24) is 10.3 Å². The monoisotopic (exact) mass is 449 g/mol. The van der Waals surface area contributed by atoms with Gasteiger partial charge in [0.2, 0.25) is 0 Å². The number of benzene rings is 1. The Morgan fingerprint density at radius 1 is 1.00 bits per heavy atom. The second-order valence-electron chi connectivity index (χ2n) is 7.48. The zero-order chi connectivity index (χ0) is 22.5. The number of fused-ring (bicyclic) bond motifs is 1. The van der Waals surface area contributed by atoms with Gasteiger partial charge in [0.05, 0.1) is 11.1 Å². The molecule has 0 radical (unpaired) electrons. The van der Waals surface area contributed by atoms with Crippen molar-refractivity contribution in [2.75, 3.05) is 10.6 Å². The molecule has 4 rings (SSSR count). The van der Waals surface area contributed by atoms with Gasteiger partial charge in [-0.2, -0.15) is 0 Å². The summed E-state index contributed by atoms with van der Waals surface area (Å²) in [5.74, 6) is -0.506. The first kappa shape index (κ1) is 21.5. The van der Waals surface area contributed by atoms with Crippen LogP contribution in [0.5, 0.6) is 0 Å². The smallest absolute Gasteiger partial charge is 0.316 e. The van der Waals surface area contributed by atoms with Crippen LogP contribution in [0.4, 0.5) is 15.5 Å². The zero-order valence-corrected chi connectivity index (χ0v) is 18.1. The molecule has 0 atom stereocenters. The van der Waals surface area contributed by atoms with Crippen molar-refractivity contribution >= 4 is 39.9 Å². The van der Waals surface area contributed by atoms with Gasteiger partial charge in [0, 0.05) is 29.5 Å². The molecule has 2 heterocycles. The molecule has 2 aromatic heterocycles. The maximum absolute atomic E-state index is 13.2. The summed E-state index contributed by atoms with van der Waals surface area (Å²) < 4.78 is 0. The largest absolute Gasteiger partial charge is 0.351 e. The normalized spacial score (nSPS) is 12.5. The molecule has 0 saturated heterocycles. The number of carbonyl (C=O) groups excluding carboxylic acids is 3. The molecule has 164 valence electrons. The molecule has 32 heavy (non-hydrogen) atoms. The Hall–Kier alpha value is -3.72. The fourth-order valence-corrected chi connectivity index (χ4v) is 4.97. The standard InChI is InChI=1S/C23H23N5O3S/c24-23(31)27-16-9-7-14(8-10-16)12-26-21(30)19-17-5-1-2-6-18(17)32-22(19)28-20(29)15-4-3-11-25-13-15/h3-4,7-11,13H,1-2,5-6,12H2,(H,26,30)(H,28,29)(H3,24,27,31). The summed E-state index contributed by atoms with van der Waals surface area (Å²) in [6.45, 7) is 0.316. The lowest BCUT2D eigenvalue weighted by Crippen LogP contribution is -2.25. The lowest BCUT2D eigenvalue weighted by molar-refractivity contribution is 0.0951. The number of amides is 4. The molecule has 1 aliphatic rings. The lowest BCUT2D eigenvalue weighted by Gasteiger charge is -2.13. The van der Waals surface area contributed by atoms with Crippen LogP contribution in [-0.2, 0) is 19.4 Å². The molecular weight excluding hydrogens is 426 g/mol. The van der Waals surface area contributed by atoms with E-state index in [9.17, 15) is 14.4 Å².